The Morgan fingerprint density at radius 3 is 2.39 bits per heavy atom. The lowest BCUT2D eigenvalue weighted by atomic mass is 9.95. The molecule has 1 aliphatic rings. The molecule has 1 saturated carbocycles. The Morgan fingerprint density at radius 2 is 1.70 bits per heavy atom. The monoisotopic (exact) mass is 323 g/mol. The van der Waals surface area contributed by atoms with E-state index in [0.717, 1.165) is 38.5 Å². The zero-order valence-electron chi connectivity index (χ0n) is 13.3. The zero-order chi connectivity index (χ0) is 16.7. The van der Waals surface area contributed by atoms with Crippen molar-refractivity contribution in [2.24, 2.45) is 0 Å². The van der Waals surface area contributed by atoms with E-state index in [2.05, 4.69) is 10.6 Å². The van der Waals surface area contributed by atoms with E-state index < -0.39 is 10.9 Å². The lowest BCUT2D eigenvalue weighted by Gasteiger charge is -2.25. The summed E-state index contributed by atoms with van der Waals surface area (Å²) in [7, 11) is 0. The Hall–Kier alpha value is -1.89. The van der Waals surface area contributed by atoms with Crippen molar-refractivity contribution in [1.29, 1.82) is 0 Å². The Labute approximate surface area is 135 Å². The normalized spacial score (nSPS) is 15.5. The van der Waals surface area contributed by atoms with Crippen LogP contribution in [-0.2, 0) is 4.79 Å². The van der Waals surface area contributed by atoms with Gasteiger partial charge >= 0.3 is 0 Å². The standard InChI is InChI=1S/C16H25N3O4/c20-12(19-23)9-5-2-6-10-17-13-14(16(22)15(13)21)18-11-7-3-1-4-8-11/h11,17-18,23H,1-10H2,(H,19,20). The van der Waals surface area contributed by atoms with E-state index in [-0.39, 0.29) is 12.3 Å². The SMILES string of the molecule is O=C(CCCCCNc1c(NC2CCCCC2)c(=O)c1=O)NO. The summed E-state index contributed by atoms with van der Waals surface area (Å²) in [6.45, 7) is 0.588. The van der Waals surface area contributed by atoms with Crippen molar-refractivity contribution < 1.29 is 10.0 Å². The summed E-state index contributed by atoms with van der Waals surface area (Å²) in [5.41, 5.74) is 1.59. The molecule has 128 valence electrons. The van der Waals surface area contributed by atoms with Gasteiger partial charge in [-0.05, 0) is 25.7 Å². The largest absolute Gasteiger partial charge is 0.380 e. The van der Waals surface area contributed by atoms with Gasteiger partial charge < -0.3 is 10.6 Å². The first-order chi connectivity index (χ1) is 11.1. The number of amides is 1. The number of nitrogens with one attached hydrogen (secondary N) is 3. The molecule has 1 aliphatic carbocycles. The molecule has 0 atom stereocenters. The average molecular weight is 323 g/mol. The Morgan fingerprint density at radius 1 is 1.00 bits per heavy atom. The maximum atomic E-state index is 11.7. The lowest BCUT2D eigenvalue weighted by molar-refractivity contribution is -0.129. The van der Waals surface area contributed by atoms with Crippen molar-refractivity contribution in [2.45, 2.75) is 63.8 Å². The summed E-state index contributed by atoms with van der Waals surface area (Å²) in [6.07, 6.45) is 8.22. The fraction of sp³-hybridized carbons (Fsp3) is 0.688. The molecular weight excluding hydrogens is 298 g/mol. The van der Waals surface area contributed by atoms with Gasteiger partial charge in [-0.15, -0.1) is 0 Å². The third-order valence-corrected chi connectivity index (χ3v) is 4.37. The highest BCUT2D eigenvalue weighted by molar-refractivity contribution is 5.74. The predicted octanol–water partition coefficient (Wildman–Crippen LogP) is 1.50. The second-order valence-electron chi connectivity index (χ2n) is 6.16. The van der Waals surface area contributed by atoms with Gasteiger partial charge in [0.25, 0.3) is 10.9 Å². The van der Waals surface area contributed by atoms with Crippen molar-refractivity contribution >= 4 is 17.3 Å². The molecule has 0 radical (unpaired) electrons. The van der Waals surface area contributed by atoms with Gasteiger partial charge in [0.05, 0.1) is 0 Å². The fourth-order valence-electron chi connectivity index (χ4n) is 3.01. The zero-order valence-corrected chi connectivity index (χ0v) is 13.3. The predicted molar refractivity (Wildman–Crippen MR) is 88.7 cm³/mol. The lowest BCUT2D eigenvalue weighted by Crippen LogP contribution is -2.40. The summed E-state index contributed by atoms with van der Waals surface area (Å²) in [5, 5.41) is 14.6. The number of hydrogen-bond acceptors (Lipinski definition) is 6. The maximum absolute atomic E-state index is 11.7. The molecule has 0 spiro atoms. The van der Waals surface area contributed by atoms with E-state index in [1.807, 2.05) is 0 Å². The van der Waals surface area contributed by atoms with Crippen LogP contribution in [0.4, 0.5) is 11.4 Å². The second kappa shape index (κ2) is 8.67. The first-order valence-electron chi connectivity index (χ1n) is 8.40. The molecule has 1 aromatic rings. The summed E-state index contributed by atoms with van der Waals surface area (Å²) in [5.74, 6) is -0.389. The van der Waals surface area contributed by atoms with Crippen LogP contribution in [0.3, 0.4) is 0 Å². The van der Waals surface area contributed by atoms with Crippen molar-refractivity contribution in [3.63, 3.8) is 0 Å². The third-order valence-electron chi connectivity index (χ3n) is 4.37. The first kappa shape index (κ1) is 17.5. The van der Waals surface area contributed by atoms with Gasteiger partial charge in [-0.25, -0.2) is 5.48 Å². The van der Waals surface area contributed by atoms with E-state index >= 15 is 0 Å². The molecular formula is C16H25N3O4. The molecule has 23 heavy (non-hydrogen) atoms. The van der Waals surface area contributed by atoms with Crippen LogP contribution in [0.15, 0.2) is 9.59 Å². The van der Waals surface area contributed by atoms with E-state index in [4.69, 9.17) is 5.21 Å². The molecule has 0 aliphatic heterocycles. The Balaban J connectivity index is 1.73. The molecule has 0 unspecified atom stereocenters. The first-order valence-corrected chi connectivity index (χ1v) is 8.40. The van der Waals surface area contributed by atoms with E-state index in [9.17, 15) is 14.4 Å². The van der Waals surface area contributed by atoms with Gasteiger partial charge in [-0.3, -0.25) is 19.6 Å². The van der Waals surface area contributed by atoms with Gasteiger partial charge in [0.2, 0.25) is 5.91 Å². The van der Waals surface area contributed by atoms with E-state index in [0.29, 0.717) is 30.4 Å². The van der Waals surface area contributed by atoms with E-state index in [1.54, 1.807) is 5.48 Å². The van der Waals surface area contributed by atoms with Gasteiger partial charge in [0, 0.05) is 19.0 Å². The molecule has 7 heteroatoms. The highest BCUT2D eigenvalue weighted by Crippen LogP contribution is 2.23. The third kappa shape index (κ3) is 4.79. The number of anilines is 2. The minimum absolute atomic E-state index is 0.283. The molecule has 2 rings (SSSR count). The topological polar surface area (TPSA) is 108 Å². The minimum Gasteiger partial charge on any atom is -0.380 e. The van der Waals surface area contributed by atoms with Crippen LogP contribution in [0.5, 0.6) is 0 Å². The number of unbranched alkanes of at least 4 members (excludes halogenated alkanes) is 2. The van der Waals surface area contributed by atoms with Crippen molar-refractivity contribution in [2.75, 3.05) is 17.2 Å². The Bertz CT molecular complexity index is 586. The Kier molecular flexibility index (Phi) is 6.58. The molecule has 4 N–H and O–H groups in total. The summed E-state index contributed by atoms with van der Waals surface area (Å²) < 4.78 is 0. The van der Waals surface area contributed by atoms with Crippen molar-refractivity contribution in [1.82, 2.24) is 5.48 Å². The maximum Gasteiger partial charge on any atom is 0.253 e. The molecule has 1 amide bonds. The quantitative estimate of drug-likeness (QED) is 0.237. The molecule has 7 nitrogen and oxygen atoms in total. The summed E-state index contributed by atoms with van der Waals surface area (Å²) in [4.78, 5) is 34.2. The number of carbonyl (C=O) groups is 1. The molecule has 0 heterocycles. The second-order valence-corrected chi connectivity index (χ2v) is 6.16. The highest BCUT2D eigenvalue weighted by Gasteiger charge is 2.23. The smallest absolute Gasteiger partial charge is 0.253 e. The van der Waals surface area contributed by atoms with E-state index in [1.165, 1.54) is 6.42 Å². The molecule has 1 aromatic carbocycles. The molecule has 0 bridgehead atoms. The van der Waals surface area contributed by atoms with Crippen LogP contribution in [0.25, 0.3) is 0 Å². The molecule has 0 aromatic heterocycles. The summed E-state index contributed by atoms with van der Waals surface area (Å²) >= 11 is 0. The van der Waals surface area contributed by atoms with Crippen LogP contribution in [-0.4, -0.2) is 23.7 Å². The molecule has 1 fully saturated rings. The minimum atomic E-state index is -0.442. The van der Waals surface area contributed by atoms with Gasteiger partial charge in [-0.2, -0.15) is 0 Å². The number of hydroxylamine groups is 1. The average Bonchev–Trinajstić information content (AvgIpc) is 2.59. The van der Waals surface area contributed by atoms with Gasteiger partial charge in [0.1, 0.15) is 11.4 Å². The van der Waals surface area contributed by atoms with Gasteiger partial charge in [-0.1, -0.05) is 25.7 Å². The fourth-order valence-corrected chi connectivity index (χ4v) is 3.01. The van der Waals surface area contributed by atoms with Crippen LogP contribution in [0.1, 0.15) is 57.8 Å². The number of carbonyl (C=O) groups excluding carboxylic acids is 1. The van der Waals surface area contributed by atoms with Crippen LogP contribution in [0.2, 0.25) is 0 Å². The van der Waals surface area contributed by atoms with Crippen LogP contribution < -0.4 is 27.0 Å². The highest BCUT2D eigenvalue weighted by atomic mass is 16.5. The van der Waals surface area contributed by atoms with Crippen LogP contribution >= 0.6 is 0 Å². The molecule has 0 saturated heterocycles. The number of hydrogen-bond donors (Lipinski definition) is 4. The van der Waals surface area contributed by atoms with Gasteiger partial charge in [0.15, 0.2) is 0 Å². The van der Waals surface area contributed by atoms with Crippen molar-refractivity contribution in [3.05, 3.63) is 20.4 Å². The number of rotatable bonds is 9. The van der Waals surface area contributed by atoms with Crippen molar-refractivity contribution in [3.8, 4) is 0 Å². The summed E-state index contributed by atoms with van der Waals surface area (Å²) in [6, 6.07) is 0.296. The van der Waals surface area contributed by atoms with Crippen LogP contribution in [0, 0.1) is 0 Å².